The van der Waals surface area contributed by atoms with Crippen molar-refractivity contribution in [2.45, 2.75) is 13.0 Å². The summed E-state index contributed by atoms with van der Waals surface area (Å²) in [4.78, 5) is 18.3. The standard InChI is InChI=1S/C14H16N4O2/c1-10-8-15-6-7-18(10)14(19)12-4-2-11(3-5-12)13-16-9-20-17-13/h2-5,9-10,15H,6-8H2,1H3/t10-/m0/s1. The molecule has 0 saturated carbocycles. The molecule has 104 valence electrons. The van der Waals surface area contributed by atoms with E-state index in [4.69, 9.17) is 4.52 Å². The normalized spacial score (nSPS) is 19.1. The number of rotatable bonds is 2. The molecule has 1 aliphatic rings. The molecule has 0 aliphatic carbocycles. The van der Waals surface area contributed by atoms with E-state index < -0.39 is 0 Å². The van der Waals surface area contributed by atoms with Gasteiger partial charge in [-0.1, -0.05) is 17.3 Å². The molecule has 2 heterocycles. The Labute approximate surface area is 116 Å². The molecular formula is C14H16N4O2. The zero-order chi connectivity index (χ0) is 13.9. The molecule has 2 aromatic rings. The number of carbonyl (C=O) groups is 1. The maximum absolute atomic E-state index is 12.5. The Hall–Kier alpha value is -2.21. The summed E-state index contributed by atoms with van der Waals surface area (Å²) in [6.07, 6.45) is 1.29. The van der Waals surface area contributed by atoms with Gasteiger partial charge in [0.1, 0.15) is 0 Å². The SMILES string of the molecule is C[C@H]1CNCCN1C(=O)c1ccc(-c2ncon2)cc1. The number of piperazine rings is 1. The maximum atomic E-state index is 12.5. The first-order valence-electron chi connectivity index (χ1n) is 6.64. The van der Waals surface area contributed by atoms with Gasteiger partial charge in [0.25, 0.3) is 5.91 Å². The highest BCUT2D eigenvalue weighted by atomic mass is 16.5. The van der Waals surface area contributed by atoms with Gasteiger partial charge in [0.05, 0.1) is 0 Å². The molecule has 1 aromatic heterocycles. The summed E-state index contributed by atoms with van der Waals surface area (Å²) >= 11 is 0. The average molecular weight is 272 g/mol. The number of amides is 1. The van der Waals surface area contributed by atoms with Gasteiger partial charge in [-0.2, -0.15) is 4.98 Å². The van der Waals surface area contributed by atoms with E-state index in [1.54, 1.807) is 0 Å². The van der Waals surface area contributed by atoms with Crippen LogP contribution in [0, 0.1) is 0 Å². The van der Waals surface area contributed by atoms with Gasteiger partial charge in [-0.05, 0) is 19.1 Å². The average Bonchev–Trinajstić information content (AvgIpc) is 3.01. The molecule has 6 nitrogen and oxygen atoms in total. The van der Waals surface area contributed by atoms with E-state index in [1.165, 1.54) is 6.39 Å². The molecule has 1 saturated heterocycles. The van der Waals surface area contributed by atoms with Crippen molar-refractivity contribution in [2.24, 2.45) is 0 Å². The molecule has 1 aromatic carbocycles. The summed E-state index contributed by atoms with van der Waals surface area (Å²) in [6, 6.07) is 7.51. The maximum Gasteiger partial charge on any atom is 0.254 e. The highest BCUT2D eigenvalue weighted by molar-refractivity contribution is 5.94. The number of nitrogens with one attached hydrogen (secondary N) is 1. The summed E-state index contributed by atoms with van der Waals surface area (Å²) in [5.41, 5.74) is 1.52. The Morgan fingerprint density at radius 1 is 1.40 bits per heavy atom. The molecule has 20 heavy (non-hydrogen) atoms. The van der Waals surface area contributed by atoms with Crippen LogP contribution in [-0.4, -0.2) is 46.6 Å². The Morgan fingerprint density at radius 3 is 2.85 bits per heavy atom. The van der Waals surface area contributed by atoms with Gasteiger partial charge in [-0.3, -0.25) is 4.79 Å². The van der Waals surface area contributed by atoms with Gasteiger partial charge >= 0.3 is 0 Å². The van der Waals surface area contributed by atoms with Crippen molar-refractivity contribution in [3.05, 3.63) is 36.2 Å². The van der Waals surface area contributed by atoms with Crippen LogP contribution in [0.2, 0.25) is 0 Å². The van der Waals surface area contributed by atoms with Crippen LogP contribution in [0.15, 0.2) is 35.2 Å². The van der Waals surface area contributed by atoms with Crippen LogP contribution in [0.5, 0.6) is 0 Å². The second kappa shape index (κ2) is 5.42. The predicted octanol–water partition coefficient (Wildman–Crippen LogP) is 1.17. The summed E-state index contributed by atoms with van der Waals surface area (Å²) < 4.78 is 4.71. The smallest absolute Gasteiger partial charge is 0.254 e. The minimum absolute atomic E-state index is 0.0682. The van der Waals surface area contributed by atoms with Gasteiger partial charge in [-0.15, -0.1) is 0 Å². The van der Waals surface area contributed by atoms with Crippen LogP contribution in [0.25, 0.3) is 11.4 Å². The topological polar surface area (TPSA) is 71.3 Å². The molecule has 6 heteroatoms. The van der Waals surface area contributed by atoms with Crippen LogP contribution < -0.4 is 5.32 Å². The van der Waals surface area contributed by atoms with E-state index in [-0.39, 0.29) is 11.9 Å². The lowest BCUT2D eigenvalue weighted by Crippen LogP contribution is -2.52. The third-order valence-corrected chi connectivity index (χ3v) is 3.51. The fraction of sp³-hybridized carbons (Fsp3) is 0.357. The molecule has 0 unspecified atom stereocenters. The van der Waals surface area contributed by atoms with Crippen molar-refractivity contribution in [3.63, 3.8) is 0 Å². The fourth-order valence-electron chi connectivity index (χ4n) is 2.37. The summed E-state index contributed by atoms with van der Waals surface area (Å²) in [6.45, 7) is 4.48. The molecular weight excluding hydrogens is 256 g/mol. The molecule has 3 rings (SSSR count). The monoisotopic (exact) mass is 272 g/mol. The number of carbonyl (C=O) groups excluding carboxylic acids is 1. The largest absolute Gasteiger partial charge is 0.342 e. The Bertz CT molecular complexity index is 580. The molecule has 1 atom stereocenters. The third kappa shape index (κ3) is 2.42. The van der Waals surface area contributed by atoms with Crippen LogP contribution in [0.1, 0.15) is 17.3 Å². The second-order valence-electron chi connectivity index (χ2n) is 4.88. The van der Waals surface area contributed by atoms with Gasteiger partial charge in [0.2, 0.25) is 12.2 Å². The number of nitrogens with zero attached hydrogens (tertiary/aromatic N) is 3. The summed E-state index contributed by atoms with van der Waals surface area (Å²) in [7, 11) is 0. The zero-order valence-electron chi connectivity index (χ0n) is 11.2. The van der Waals surface area contributed by atoms with Crippen molar-refractivity contribution in [2.75, 3.05) is 19.6 Å². The van der Waals surface area contributed by atoms with Crippen molar-refractivity contribution < 1.29 is 9.32 Å². The van der Waals surface area contributed by atoms with Gasteiger partial charge in [-0.25, -0.2) is 0 Å². The number of hydrogen-bond acceptors (Lipinski definition) is 5. The van der Waals surface area contributed by atoms with Crippen molar-refractivity contribution in [3.8, 4) is 11.4 Å². The van der Waals surface area contributed by atoms with E-state index in [2.05, 4.69) is 22.4 Å². The second-order valence-corrected chi connectivity index (χ2v) is 4.88. The molecule has 0 radical (unpaired) electrons. The minimum atomic E-state index is 0.0682. The fourth-order valence-corrected chi connectivity index (χ4v) is 2.37. The highest BCUT2D eigenvalue weighted by Gasteiger charge is 2.23. The molecule has 1 aliphatic heterocycles. The first-order chi connectivity index (χ1) is 9.75. The Morgan fingerprint density at radius 2 is 2.20 bits per heavy atom. The van der Waals surface area contributed by atoms with Crippen molar-refractivity contribution >= 4 is 5.91 Å². The molecule has 1 N–H and O–H groups in total. The Kier molecular flexibility index (Phi) is 3.47. The number of benzene rings is 1. The molecule has 1 amide bonds. The zero-order valence-corrected chi connectivity index (χ0v) is 11.2. The van der Waals surface area contributed by atoms with Crippen LogP contribution in [-0.2, 0) is 0 Å². The summed E-state index contributed by atoms with van der Waals surface area (Å²) in [5, 5.41) is 7.05. The van der Waals surface area contributed by atoms with Crippen LogP contribution >= 0.6 is 0 Å². The van der Waals surface area contributed by atoms with Crippen molar-refractivity contribution in [1.82, 2.24) is 20.4 Å². The first kappa shape index (κ1) is 12.8. The molecule has 0 spiro atoms. The number of aromatic nitrogens is 2. The lowest BCUT2D eigenvalue weighted by atomic mass is 10.1. The van der Waals surface area contributed by atoms with Gasteiger partial charge in [0.15, 0.2) is 0 Å². The third-order valence-electron chi connectivity index (χ3n) is 3.51. The summed E-state index contributed by atoms with van der Waals surface area (Å²) in [5.74, 6) is 0.596. The predicted molar refractivity (Wildman–Crippen MR) is 73.1 cm³/mol. The van der Waals surface area contributed by atoms with E-state index in [1.807, 2.05) is 29.2 Å². The van der Waals surface area contributed by atoms with Gasteiger partial charge < -0.3 is 14.7 Å². The van der Waals surface area contributed by atoms with Gasteiger partial charge in [0, 0.05) is 36.8 Å². The quantitative estimate of drug-likeness (QED) is 0.888. The molecule has 0 bridgehead atoms. The van der Waals surface area contributed by atoms with Crippen LogP contribution in [0.4, 0.5) is 0 Å². The minimum Gasteiger partial charge on any atom is -0.342 e. The van der Waals surface area contributed by atoms with E-state index in [9.17, 15) is 4.79 Å². The highest BCUT2D eigenvalue weighted by Crippen LogP contribution is 2.17. The molecule has 1 fully saturated rings. The Balaban J connectivity index is 1.78. The van der Waals surface area contributed by atoms with Crippen LogP contribution in [0.3, 0.4) is 0 Å². The first-order valence-corrected chi connectivity index (χ1v) is 6.64. The van der Waals surface area contributed by atoms with E-state index in [0.717, 1.165) is 25.2 Å². The lowest BCUT2D eigenvalue weighted by molar-refractivity contribution is 0.0656. The van der Waals surface area contributed by atoms with Crippen molar-refractivity contribution in [1.29, 1.82) is 0 Å². The lowest BCUT2D eigenvalue weighted by Gasteiger charge is -2.34. The number of hydrogen-bond donors (Lipinski definition) is 1. The van der Waals surface area contributed by atoms with E-state index in [0.29, 0.717) is 11.4 Å². The van der Waals surface area contributed by atoms with E-state index >= 15 is 0 Å².